The molecule has 5 nitrogen and oxygen atoms in total. The number of nitrogens with zero attached hydrogens (tertiary/aromatic N) is 2. The Labute approximate surface area is 150 Å². The van der Waals surface area contributed by atoms with Gasteiger partial charge in [0.15, 0.2) is 0 Å². The minimum atomic E-state index is -4.21. The molecule has 1 amide bonds. The summed E-state index contributed by atoms with van der Waals surface area (Å²) in [5, 5.41) is 2.79. The largest absolute Gasteiger partial charge is 0.391 e. The number of hydrogen-bond donors (Lipinski definition) is 1. The van der Waals surface area contributed by atoms with Crippen LogP contribution in [0.25, 0.3) is 0 Å². The normalized spacial score (nSPS) is 24.3. The van der Waals surface area contributed by atoms with Crippen molar-refractivity contribution < 1.29 is 22.7 Å². The van der Waals surface area contributed by atoms with Gasteiger partial charge in [0.1, 0.15) is 5.82 Å². The van der Waals surface area contributed by atoms with Crippen molar-refractivity contribution in [2.75, 3.05) is 31.2 Å². The number of carbonyl (C=O) groups excluding carboxylic acids is 1. The molecule has 0 aromatic carbocycles. The van der Waals surface area contributed by atoms with Crippen LogP contribution < -0.4 is 10.2 Å². The van der Waals surface area contributed by atoms with E-state index in [1.54, 1.807) is 6.20 Å². The average Bonchev–Trinajstić information content (AvgIpc) is 2.66. The molecule has 2 heterocycles. The lowest BCUT2D eigenvalue weighted by molar-refractivity contribution is -0.186. The van der Waals surface area contributed by atoms with Crippen LogP contribution in [0.4, 0.5) is 19.0 Å². The molecule has 1 saturated heterocycles. The Hall–Kier alpha value is -1.83. The van der Waals surface area contributed by atoms with E-state index in [1.807, 2.05) is 12.1 Å². The van der Waals surface area contributed by atoms with Crippen LogP contribution in [0.3, 0.4) is 0 Å². The molecule has 8 heteroatoms. The zero-order valence-corrected chi connectivity index (χ0v) is 14.6. The maximum Gasteiger partial charge on any atom is 0.391 e. The quantitative estimate of drug-likeness (QED) is 0.884. The third kappa shape index (κ3) is 4.87. The molecule has 1 aromatic rings. The predicted molar refractivity (Wildman–Crippen MR) is 90.6 cm³/mol. The van der Waals surface area contributed by atoms with Gasteiger partial charge < -0.3 is 15.0 Å². The van der Waals surface area contributed by atoms with E-state index >= 15 is 0 Å². The van der Waals surface area contributed by atoms with Crippen molar-refractivity contribution in [1.82, 2.24) is 10.3 Å². The number of pyridine rings is 1. The van der Waals surface area contributed by atoms with E-state index in [-0.39, 0.29) is 18.7 Å². The first-order valence-corrected chi connectivity index (χ1v) is 9.05. The molecule has 1 N–H and O–H groups in total. The molecule has 1 saturated carbocycles. The van der Waals surface area contributed by atoms with Gasteiger partial charge in [0.05, 0.1) is 19.1 Å². The first-order chi connectivity index (χ1) is 12.4. The minimum absolute atomic E-state index is 0.106. The Morgan fingerprint density at radius 2 is 2.08 bits per heavy atom. The van der Waals surface area contributed by atoms with Gasteiger partial charge >= 0.3 is 6.18 Å². The lowest BCUT2D eigenvalue weighted by Gasteiger charge is -2.30. The van der Waals surface area contributed by atoms with Crippen molar-refractivity contribution in [3.05, 3.63) is 23.9 Å². The molecule has 26 heavy (non-hydrogen) atoms. The van der Waals surface area contributed by atoms with Crippen LogP contribution in [0.1, 0.15) is 31.2 Å². The van der Waals surface area contributed by atoms with E-state index in [0.717, 1.165) is 24.5 Å². The summed E-state index contributed by atoms with van der Waals surface area (Å²) in [7, 11) is 0. The molecule has 2 atom stereocenters. The number of rotatable bonds is 4. The van der Waals surface area contributed by atoms with Crippen LogP contribution in [0.5, 0.6) is 0 Å². The maximum atomic E-state index is 12.9. The third-order valence-corrected chi connectivity index (χ3v) is 5.12. The number of anilines is 1. The molecule has 0 bridgehead atoms. The Kier molecular flexibility index (Phi) is 6.01. The van der Waals surface area contributed by atoms with E-state index in [9.17, 15) is 18.0 Å². The number of hydrogen-bond acceptors (Lipinski definition) is 4. The number of amides is 1. The highest BCUT2D eigenvalue weighted by molar-refractivity contribution is 5.78. The number of alkyl halides is 3. The number of aromatic nitrogens is 1. The van der Waals surface area contributed by atoms with Gasteiger partial charge in [-0.25, -0.2) is 4.98 Å². The highest BCUT2D eigenvalue weighted by atomic mass is 19.4. The SMILES string of the molecule is O=C(NCc1ccnc(N2CCOCC2)c1)[C@H]1CCC[C@H](C(F)(F)F)C1. The molecule has 144 valence electrons. The number of carbonyl (C=O) groups is 1. The summed E-state index contributed by atoms with van der Waals surface area (Å²) in [6.45, 7) is 3.15. The van der Waals surface area contributed by atoms with Crippen molar-refractivity contribution in [3.8, 4) is 0 Å². The van der Waals surface area contributed by atoms with Crippen molar-refractivity contribution >= 4 is 11.7 Å². The lowest BCUT2D eigenvalue weighted by atomic mass is 9.80. The second kappa shape index (κ2) is 8.24. The van der Waals surface area contributed by atoms with Crippen LogP contribution in [0.15, 0.2) is 18.3 Å². The summed E-state index contributed by atoms with van der Waals surface area (Å²) in [5.41, 5.74) is 0.887. The fourth-order valence-electron chi connectivity index (χ4n) is 3.59. The smallest absolute Gasteiger partial charge is 0.378 e. The van der Waals surface area contributed by atoms with E-state index in [2.05, 4.69) is 15.2 Å². The van der Waals surface area contributed by atoms with E-state index < -0.39 is 18.0 Å². The standard InChI is InChI=1S/C18H24F3N3O2/c19-18(20,21)15-3-1-2-14(11-15)17(25)23-12-13-4-5-22-16(10-13)24-6-8-26-9-7-24/h4-5,10,14-15H,1-3,6-9,11-12H2,(H,23,25)/t14-,15-/m0/s1. The molecule has 0 radical (unpaired) electrons. The average molecular weight is 371 g/mol. The van der Waals surface area contributed by atoms with Gasteiger partial charge in [0.2, 0.25) is 5.91 Å². The number of ether oxygens (including phenoxy) is 1. The molecule has 2 aliphatic rings. The summed E-state index contributed by atoms with van der Waals surface area (Å²) in [5.74, 6) is -1.38. The Morgan fingerprint density at radius 1 is 1.31 bits per heavy atom. The second-order valence-corrected chi connectivity index (χ2v) is 6.94. The van der Waals surface area contributed by atoms with Crippen LogP contribution in [0, 0.1) is 11.8 Å². The summed E-state index contributed by atoms with van der Waals surface area (Å²) in [4.78, 5) is 18.8. The van der Waals surface area contributed by atoms with E-state index in [0.29, 0.717) is 32.6 Å². The molecule has 0 unspecified atom stereocenters. The summed E-state index contributed by atoms with van der Waals surface area (Å²) in [6, 6.07) is 3.72. The van der Waals surface area contributed by atoms with Gasteiger partial charge in [-0.3, -0.25) is 4.79 Å². The number of morpholine rings is 1. The van der Waals surface area contributed by atoms with E-state index in [1.165, 1.54) is 0 Å². The predicted octanol–water partition coefficient (Wildman–Crippen LogP) is 2.90. The van der Waals surface area contributed by atoms with Crippen LogP contribution >= 0.6 is 0 Å². The lowest BCUT2D eigenvalue weighted by Crippen LogP contribution is -2.37. The van der Waals surface area contributed by atoms with Gasteiger partial charge in [-0.05, 0) is 37.0 Å². The molecule has 3 rings (SSSR count). The molecule has 1 aromatic heterocycles. The highest BCUT2D eigenvalue weighted by Gasteiger charge is 2.43. The topological polar surface area (TPSA) is 54.5 Å². The Morgan fingerprint density at radius 3 is 2.81 bits per heavy atom. The van der Waals surface area contributed by atoms with Crippen molar-refractivity contribution in [2.45, 2.75) is 38.4 Å². The monoisotopic (exact) mass is 371 g/mol. The van der Waals surface area contributed by atoms with Gasteiger partial charge in [-0.2, -0.15) is 13.2 Å². The fraction of sp³-hybridized carbons (Fsp3) is 0.667. The first kappa shape index (κ1) is 18.9. The molecule has 0 spiro atoms. The van der Waals surface area contributed by atoms with Gasteiger partial charge in [-0.15, -0.1) is 0 Å². The molecular formula is C18H24F3N3O2. The van der Waals surface area contributed by atoms with Crippen molar-refractivity contribution in [3.63, 3.8) is 0 Å². The van der Waals surface area contributed by atoms with Crippen LogP contribution in [-0.2, 0) is 16.1 Å². The Balaban J connectivity index is 1.54. The molecular weight excluding hydrogens is 347 g/mol. The van der Waals surface area contributed by atoms with Crippen LogP contribution in [0.2, 0.25) is 0 Å². The first-order valence-electron chi connectivity index (χ1n) is 9.05. The third-order valence-electron chi connectivity index (χ3n) is 5.12. The zero-order valence-electron chi connectivity index (χ0n) is 14.6. The van der Waals surface area contributed by atoms with Crippen LogP contribution in [-0.4, -0.2) is 43.4 Å². The van der Waals surface area contributed by atoms with Gasteiger partial charge in [-0.1, -0.05) is 6.42 Å². The minimum Gasteiger partial charge on any atom is -0.378 e. The van der Waals surface area contributed by atoms with Gasteiger partial charge in [0, 0.05) is 31.7 Å². The zero-order chi connectivity index (χ0) is 18.6. The summed E-state index contributed by atoms with van der Waals surface area (Å²) in [6.07, 6.45) is -1.54. The Bertz CT molecular complexity index is 618. The molecule has 1 aliphatic carbocycles. The fourth-order valence-corrected chi connectivity index (χ4v) is 3.59. The highest BCUT2D eigenvalue weighted by Crippen LogP contribution is 2.39. The van der Waals surface area contributed by atoms with E-state index in [4.69, 9.17) is 4.74 Å². The molecule has 2 fully saturated rings. The second-order valence-electron chi connectivity index (χ2n) is 6.94. The maximum absolute atomic E-state index is 12.9. The molecule has 1 aliphatic heterocycles. The summed E-state index contributed by atoms with van der Waals surface area (Å²) < 4.78 is 44.0. The number of halogens is 3. The van der Waals surface area contributed by atoms with Gasteiger partial charge in [0.25, 0.3) is 0 Å². The summed E-state index contributed by atoms with van der Waals surface area (Å²) >= 11 is 0. The van der Waals surface area contributed by atoms with Crippen molar-refractivity contribution in [1.29, 1.82) is 0 Å². The number of nitrogens with one attached hydrogen (secondary N) is 1. The van der Waals surface area contributed by atoms with Crippen molar-refractivity contribution in [2.24, 2.45) is 11.8 Å².